The summed E-state index contributed by atoms with van der Waals surface area (Å²) in [5, 5.41) is 13.9. The highest BCUT2D eigenvalue weighted by Gasteiger charge is 2.31. The van der Waals surface area contributed by atoms with Crippen LogP contribution in [-0.2, 0) is 4.79 Å². The highest BCUT2D eigenvalue weighted by atomic mass is 16.5. The molecular formula is C19H22N4O4. The highest BCUT2D eigenvalue weighted by molar-refractivity contribution is 5.87. The van der Waals surface area contributed by atoms with E-state index in [1.165, 1.54) is 13.3 Å². The average molecular weight is 370 g/mol. The third-order valence-corrected chi connectivity index (χ3v) is 4.36. The summed E-state index contributed by atoms with van der Waals surface area (Å²) in [6, 6.07) is 12.2. The van der Waals surface area contributed by atoms with Crippen molar-refractivity contribution in [3.05, 3.63) is 53.6 Å². The standard InChI is InChI=1S/C19H22N4O4/c1-26-16-8-4-3-7-13(16)14-10-15(22-21-14)19(25)23-20-11-12-6-5-9-17(27-2)18(12)24/h3-9,11,14-15,21-22,24H,10H2,1-2H3,(H,23,25)/b20-11+. The monoisotopic (exact) mass is 370 g/mol. The van der Waals surface area contributed by atoms with Crippen molar-refractivity contribution in [2.75, 3.05) is 14.2 Å². The Kier molecular flexibility index (Phi) is 5.90. The van der Waals surface area contributed by atoms with Crippen LogP contribution in [0.2, 0.25) is 0 Å². The summed E-state index contributed by atoms with van der Waals surface area (Å²) in [5.74, 6) is 0.796. The van der Waals surface area contributed by atoms with E-state index < -0.39 is 6.04 Å². The molecule has 1 fully saturated rings. The first kappa shape index (κ1) is 18.7. The molecule has 8 heteroatoms. The Bertz CT molecular complexity index is 840. The summed E-state index contributed by atoms with van der Waals surface area (Å²) in [6.07, 6.45) is 1.92. The first-order chi connectivity index (χ1) is 13.1. The van der Waals surface area contributed by atoms with E-state index >= 15 is 0 Å². The predicted molar refractivity (Wildman–Crippen MR) is 101 cm³/mol. The minimum atomic E-state index is -0.448. The fourth-order valence-corrected chi connectivity index (χ4v) is 2.94. The minimum absolute atomic E-state index is 0.0325. The van der Waals surface area contributed by atoms with Crippen molar-refractivity contribution in [3.8, 4) is 17.2 Å². The quantitative estimate of drug-likeness (QED) is 0.453. The van der Waals surface area contributed by atoms with Gasteiger partial charge in [0.25, 0.3) is 5.91 Å². The van der Waals surface area contributed by atoms with E-state index in [-0.39, 0.29) is 17.7 Å². The van der Waals surface area contributed by atoms with E-state index in [1.54, 1.807) is 25.3 Å². The fourth-order valence-electron chi connectivity index (χ4n) is 2.94. The highest BCUT2D eigenvalue weighted by Crippen LogP contribution is 2.30. The molecule has 4 N–H and O–H groups in total. The Morgan fingerprint density at radius 2 is 1.89 bits per heavy atom. The van der Waals surface area contributed by atoms with Gasteiger partial charge in [0, 0.05) is 11.1 Å². The summed E-state index contributed by atoms with van der Waals surface area (Å²) in [4.78, 5) is 12.3. The molecule has 1 amide bonds. The van der Waals surface area contributed by atoms with Gasteiger partial charge in [0.1, 0.15) is 11.8 Å². The number of hydrazone groups is 1. The number of hydrogen-bond donors (Lipinski definition) is 4. The number of aromatic hydroxyl groups is 1. The van der Waals surface area contributed by atoms with Gasteiger partial charge in [-0.05, 0) is 24.6 Å². The molecule has 8 nitrogen and oxygen atoms in total. The molecule has 0 aliphatic carbocycles. The smallest absolute Gasteiger partial charge is 0.258 e. The molecule has 2 aromatic rings. The van der Waals surface area contributed by atoms with Gasteiger partial charge >= 0.3 is 0 Å². The second-order valence-electron chi connectivity index (χ2n) is 6.00. The lowest BCUT2D eigenvalue weighted by molar-refractivity contribution is -0.122. The second kappa shape index (κ2) is 8.52. The summed E-state index contributed by atoms with van der Waals surface area (Å²) in [6.45, 7) is 0. The van der Waals surface area contributed by atoms with E-state index in [0.29, 0.717) is 17.7 Å². The number of carbonyl (C=O) groups is 1. The number of ether oxygens (including phenoxy) is 2. The van der Waals surface area contributed by atoms with Crippen molar-refractivity contribution in [3.63, 3.8) is 0 Å². The van der Waals surface area contributed by atoms with Crippen LogP contribution in [0.1, 0.15) is 23.6 Å². The molecule has 2 atom stereocenters. The zero-order valence-corrected chi connectivity index (χ0v) is 15.1. The molecule has 1 aliphatic rings. The maximum Gasteiger partial charge on any atom is 0.258 e. The van der Waals surface area contributed by atoms with Crippen LogP contribution in [0.3, 0.4) is 0 Å². The normalized spacial score (nSPS) is 19.2. The number of hydrazine groups is 1. The molecular weight excluding hydrogens is 348 g/mol. The number of para-hydroxylation sites is 2. The van der Waals surface area contributed by atoms with Crippen LogP contribution >= 0.6 is 0 Å². The topological polar surface area (TPSA) is 104 Å². The number of benzene rings is 2. The van der Waals surface area contributed by atoms with Crippen LogP contribution < -0.4 is 25.8 Å². The largest absolute Gasteiger partial charge is 0.504 e. The molecule has 1 saturated heterocycles. The van der Waals surface area contributed by atoms with E-state index in [9.17, 15) is 9.90 Å². The van der Waals surface area contributed by atoms with Gasteiger partial charge in [0.2, 0.25) is 0 Å². The zero-order valence-electron chi connectivity index (χ0n) is 15.1. The van der Waals surface area contributed by atoms with Crippen molar-refractivity contribution in [2.24, 2.45) is 5.10 Å². The molecule has 0 bridgehead atoms. The Hall–Kier alpha value is -3.10. The summed E-state index contributed by atoms with van der Waals surface area (Å²) < 4.78 is 10.4. The van der Waals surface area contributed by atoms with E-state index in [2.05, 4.69) is 21.4 Å². The van der Waals surface area contributed by atoms with Crippen LogP contribution in [0.25, 0.3) is 0 Å². The van der Waals surface area contributed by atoms with Crippen LogP contribution in [0.4, 0.5) is 0 Å². The van der Waals surface area contributed by atoms with Crippen molar-refractivity contribution in [1.82, 2.24) is 16.3 Å². The Balaban J connectivity index is 1.60. The van der Waals surface area contributed by atoms with Gasteiger partial charge in [0.15, 0.2) is 11.5 Å². The number of nitrogens with zero attached hydrogens (tertiary/aromatic N) is 1. The van der Waals surface area contributed by atoms with Crippen molar-refractivity contribution in [1.29, 1.82) is 0 Å². The molecule has 1 aliphatic heterocycles. The van der Waals surface area contributed by atoms with Crippen molar-refractivity contribution in [2.45, 2.75) is 18.5 Å². The second-order valence-corrected chi connectivity index (χ2v) is 6.00. The van der Waals surface area contributed by atoms with Gasteiger partial charge < -0.3 is 14.6 Å². The van der Waals surface area contributed by atoms with Crippen molar-refractivity contribution >= 4 is 12.1 Å². The summed E-state index contributed by atoms with van der Waals surface area (Å²) >= 11 is 0. The van der Waals surface area contributed by atoms with Gasteiger partial charge in [0.05, 0.1) is 26.5 Å². The van der Waals surface area contributed by atoms with E-state index in [4.69, 9.17) is 9.47 Å². The first-order valence-electron chi connectivity index (χ1n) is 8.47. The zero-order chi connectivity index (χ0) is 19.2. The van der Waals surface area contributed by atoms with Crippen molar-refractivity contribution < 1.29 is 19.4 Å². The van der Waals surface area contributed by atoms with Gasteiger partial charge in [-0.2, -0.15) is 5.10 Å². The molecule has 3 rings (SSSR count). The summed E-state index contributed by atoms with van der Waals surface area (Å²) in [5.41, 5.74) is 9.99. The number of rotatable bonds is 6. The predicted octanol–water partition coefficient (Wildman–Crippen LogP) is 1.47. The molecule has 142 valence electrons. The Morgan fingerprint density at radius 3 is 2.67 bits per heavy atom. The molecule has 0 spiro atoms. The number of carbonyl (C=O) groups excluding carboxylic acids is 1. The summed E-state index contributed by atoms with van der Waals surface area (Å²) in [7, 11) is 3.09. The average Bonchev–Trinajstić information content (AvgIpc) is 3.19. The number of phenolic OH excluding ortho intramolecular Hbond substituents is 1. The molecule has 0 aromatic heterocycles. The lowest BCUT2D eigenvalue weighted by Crippen LogP contribution is -2.41. The lowest BCUT2D eigenvalue weighted by atomic mass is 10.0. The SMILES string of the molecule is COc1ccccc1C1CC(C(=O)N/N=C/c2cccc(OC)c2O)NN1. The number of hydrogen-bond acceptors (Lipinski definition) is 7. The Morgan fingerprint density at radius 1 is 1.15 bits per heavy atom. The van der Waals surface area contributed by atoms with Crippen LogP contribution in [0.15, 0.2) is 47.6 Å². The maximum absolute atomic E-state index is 12.3. The molecule has 0 saturated carbocycles. The third-order valence-electron chi connectivity index (χ3n) is 4.36. The first-order valence-corrected chi connectivity index (χ1v) is 8.47. The maximum atomic E-state index is 12.3. The van der Waals surface area contributed by atoms with E-state index in [1.807, 2.05) is 24.3 Å². The van der Waals surface area contributed by atoms with Crippen LogP contribution in [0, 0.1) is 0 Å². The fraction of sp³-hybridized carbons (Fsp3) is 0.263. The van der Waals surface area contributed by atoms with Gasteiger partial charge in [-0.1, -0.05) is 24.3 Å². The minimum Gasteiger partial charge on any atom is -0.504 e. The molecule has 0 radical (unpaired) electrons. The van der Waals surface area contributed by atoms with E-state index in [0.717, 1.165) is 11.3 Å². The van der Waals surface area contributed by atoms with Gasteiger partial charge in [-0.25, -0.2) is 16.3 Å². The van der Waals surface area contributed by atoms with Gasteiger partial charge in [-0.15, -0.1) is 0 Å². The van der Waals surface area contributed by atoms with Crippen LogP contribution in [0.5, 0.6) is 17.2 Å². The van der Waals surface area contributed by atoms with Gasteiger partial charge in [-0.3, -0.25) is 4.79 Å². The molecule has 27 heavy (non-hydrogen) atoms. The number of methoxy groups -OCH3 is 2. The lowest BCUT2D eigenvalue weighted by Gasteiger charge is -2.13. The molecule has 1 heterocycles. The molecule has 2 aromatic carbocycles. The third kappa shape index (κ3) is 4.18. The molecule has 2 unspecified atom stereocenters. The number of amides is 1. The number of phenols is 1. The Labute approximate surface area is 157 Å². The number of nitrogens with one attached hydrogen (secondary N) is 3. The van der Waals surface area contributed by atoms with Crippen LogP contribution in [-0.4, -0.2) is 37.5 Å².